The van der Waals surface area contributed by atoms with Crippen molar-refractivity contribution in [1.82, 2.24) is 5.32 Å². The van der Waals surface area contributed by atoms with Gasteiger partial charge < -0.3 is 55.1 Å². The molecule has 2 saturated heterocycles. The summed E-state index contributed by atoms with van der Waals surface area (Å²) >= 11 is 0. The number of carbonyl (C=O) groups is 1. The molecule has 0 spiro atoms. The third-order valence-electron chi connectivity index (χ3n) is 7.12. The molecule has 0 bridgehead atoms. The summed E-state index contributed by atoms with van der Waals surface area (Å²) < 4.78 is 16.5. The van der Waals surface area contributed by atoms with E-state index < -0.39 is 85.9 Å². The van der Waals surface area contributed by atoms with Crippen molar-refractivity contribution in [2.24, 2.45) is 5.41 Å². The van der Waals surface area contributed by atoms with E-state index in [2.05, 4.69) is 5.32 Å². The molecule has 13 heteroatoms. The van der Waals surface area contributed by atoms with Gasteiger partial charge in [0.15, 0.2) is 6.29 Å². The largest absolute Gasteiger partial charge is 0.481 e. The van der Waals surface area contributed by atoms with Crippen molar-refractivity contribution in [2.45, 2.75) is 99.9 Å². The minimum absolute atomic E-state index is 0.0440. The molecule has 1 aliphatic carbocycles. The summed E-state index contributed by atoms with van der Waals surface area (Å²) in [6.45, 7) is -1.08. The van der Waals surface area contributed by atoms with Gasteiger partial charge in [0.1, 0.15) is 55.1 Å². The molecule has 0 aromatic heterocycles. The highest BCUT2D eigenvalue weighted by atomic mass is 16.7. The Hall–Kier alpha value is -0.970. The van der Waals surface area contributed by atoms with Gasteiger partial charge in [0.05, 0.1) is 19.6 Å². The maximum absolute atomic E-state index is 11.4. The van der Waals surface area contributed by atoms with E-state index in [0.29, 0.717) is 12.8 Å². The fourth-order valence-electron chi connectivity index (χ4n) is 5.11. The Morgan fingerprint density at radius 3 is 2.09 bits per heavy atom. The van der Waals surface area contributed by atoms with Gasteiger partial charge >= 0.3 is 5.97 Å². The number of aliphatic hydroxyl groups is 7. The SMILES string of the molecule is O=C(O)CC1(CNC2O[C@H](CO)[C@@H](O[C@@H]3O[C@H](CO)[C@H](O)[C@H](O)[C@H]3O)[C@H](O)[C@H]2O)CCCCC1. The van der Waals surface area contributed by atoms with Crippen molar-refractivity contribution in [3.8, 4) is 0 Å². The number of hydrogen-bond donors (Lipinski definition) is 9. The molecule has 10 atom stereocenters. The van der Waals surface area contributed by atoms with E-state index >= 15 is 0 Å². The summed E-state index contributed by atoms with van der Waals surface area (Å²) in [6.07, 6.45) is -10.6. The highest BCUT2D eigenvalue weighted by molar-refractivity contribution is 5.67. The van der Waals surface area contributed by atoms with E-state index in [1.807, 2.05) is 0 Å². The molecule has 3 aliphatic rings. The van der Waals surface area contributed by atoms with Gasteiger partial charge in [0.25, 0.3) is 0 Å². The van der Waals surface area contributed by atoms with Crippen LogP contribution in [0.15, 0.2) is 0 Å². The lowest BCUT2D eigenvalue weighted by Gasteiger charge is -2.47. The molecule has 0 amide bonds. The summed E-state index contributed by atoms with van der Waals surface area (Å²) in [4.78, 5) is 11.4. The second-order valence-electron chi connectivity index (χ2n) is 9.57. The Balaban J connectivity index is 1.66. The molecule has 2 heterocycles. The number of nitrogens with one attached hydrogen (secondary N) is 1. The topological polar surface area (TPSA) is 219 Å². The number of carboxylic acids is 1. The number of carboxylic acid groups (broad SMARTS) is 1. The minimum atomic E-state index is -1.74. The molecule has 1 saturated carbocycles. The van der Waals surface area contributed by atoms with Crippen LogP contribution < -0.4 is 5.32 Å². The first-order valence-electron chi connectivity index (χ1n) is 11.7. The van der Waals surface area contributed by atoms with Crippen molar-refractivity contribution in [3.63, 3.8) is 0 Å². The van der Waals surface area contributed by atoms with Crippen LogP contribution in [0.4, 0.5) is 0 Å². The van der Waals surface area contributed by atoms with Crippen LogP contribution in [-0.4, -0.2) is 128 Å². The molecular formula is C21H37NO12. The quantitative estimate of drug-likeness (QED) is 0.153. The lowest BCUT2D eigenvalue weighted by molar-refractivity contribution is -0.343. The zero-order valence-electron chi connectivity index (χ0n) is 18.8. The Labute approximate surface area is 196 Å². The highest BCUT2D eigenvalue weighted by Gasteiger charge is 2.50. The smallest absolute Gasteiger partial charge is 0.303 e. The average Bonchev–Trinajstić information content (AvgIpc) is 2.81. The van der Waals surface area contributed by atoms with Crippen LogP contribution in [0.5, 0.6) is 0 Å². The third kappa shape index (κ3) is 6.05. The number of aliphatic carboxylic acids is 1. The van der Waals surface area contributed by atoms with Crippen LogP contribution in [0.25, 0.3) is 0 Å². The molecule has 2 aliphatic heterocycles. The monoisotopic (exact) mass is 495 g/mol. The highest BCUT2D eigenvalue weighted by Crippen LogP contribution is 2.39. The summed E-state index contributed by atoms with van der Waals surface area (Å²) in [7, 11) is 0. The van der Waals surface area contributed by atoms with Crippen molar-refractivity contribution >= 4 is 5.97 Å². The molecule has 0 radical (unpaired) electrons. The van der Waals surface area contributed by atoms with Crippen molar-refractivity contribution in [1.29, 1.82) is 0 Å². The maximum Gasteiger partial charge on any atom is 0.303 e. The maximum atomic E-state index is 11.4. The first kappa shape index (κ1) is 27.6. The molecule has 13 nitrogen and oxygen atoms in total. The Kier molecular flexibility index (Phi) is 9.62. The van der Waals surface area contributed by atoms with Crippen molar-refractivity contribution in [3.05, 3.63) is 0 Å². The van der Waals surface area contributed by atoms with Crippen molar-refractivity contribution in [2.75, 3.05) is 19.8 Å². The minimum Gasteiger partial charge on any atom is -0.481 e. The molecule has 3 fully saturated rings. The number of hydrogen-bond acceptors (Lipinski definition) is 12. The first-order valence-corrected chi connectivity index (χ1v) is 11.7. The Bertz CT molecular complexity index is 658. The molecule has 198 valence electrons. The molecule has 0 aromatic carbocycles. The summed E-state index contributed by atoms with van der Waals surface area (Å²) in [6, 6.07) is 0. The molecule has 0 aromatic rings. The Morgan fingerprint density at radius 1 is 0.853 bits per heavy atom. The third-order valence-corrected chi connectivity index (χ3v) is 7.12. The predicted molar refractivity (Wildman–Crippen MR) is 112 cm³/mol. The van der Waals surface area contributed by atoms with Gasteiger partial charge in [-0.15, -0.1) is 0 Å². The molecule has 34 heavy (non-hydrogen) atoms. The van der Waals surface area contributed by atoms with E-state index in [0.717, 1.165) is 19.3 Å². The van der Waals surface area contributed by atoms with Gasteiger partial charge in [-0.05, 0) is 18.3 Å². The van der Waals surface area contributed by atoms with Gasteiger partial charge in [-0.2, -0.15) is 0 Å². The predicted octanol–water partition coefficient (Wildman–Crippen LogP) is -3.37. The lowest BCUT2D eigenvalue weighted by Crippen LogP contribution is -2.66. The normalized spacial score (nSPS) is 42.9. The van der Waals surface area contributed by atoms with Crippen molar-refractivity contribution < 1.29 is 59.9 Å². The fourth-order valence-corrected chi connectivity index (χ4v) is 5.11. The van der Waals surface area contributed by atoms with Crippen LogP contribution in [0.1, 0.15) is 38.5 Å². The average molecular weight is 496 g/mol. The van der Waals surface area contributed by atoms with Gasteiger partial charge in [0, 0.05) is 6.54 Å². The van der Waals surface area contributed by atoms with Gasteiger partial charge in [-0.25, -0.2) is 0 Å². The van der Waals surface area contributed by atoms with Gasteiger partial charge in [0.2, 0.25) is 0 Å². The summed E-state index contributed by atoms with van der Waals surface area (Å²) in [5.41, 5.74) is -0.517. The van der Waals surface area contributed by atoms with Crippen LogP contribution in [0, 0.1) is 5.41 Å². The van der Waals surface area contributed by atoms with E-state index in [4.69, 9.17) is 14.2 Å². The second-order valence-corrected chi connectivity index (χ2v) is 9.57. The standard InChI is InChI=1S/C21H37NO12/c23-7-10-13(27)14(28)17(31)20(33-10)34-18-11(8-24)32-19(16(30)15(18)29)22-9-21(6-12(25)26)4-2-1-3-5-21/h10-11,13-20,22-24,27-31H,1-9H2,(H,25,26)/t10-,11-,13+,14+,15-,16-,17-,18-,19?,20+/m1/s1. The lowest BCUT2D eigenvalue weighted by atomic mass is 9.71. The van der Waals surface area contributed by atoms with E-state index in [-0.39, 0.29) is 13.0 Å². The van der Waals surface area contributed by atoms with Crippen LogP contribution in [0.2, 0.25) is 0 Å². The van der Waals surface area contributed by atoms with Gasteiger partial charge in [-0.3, -0.25) is 10.1 Å². The molecule has 9 N–H and O–H groups in total. The number of aliphatic hydroxyl groups excluding tert-OH is 7. The van der Waals surface area contributed by atoms with Crippen LogP contribution >= 0.6 is 0 Å². The number of rotatable bonds is 9. The zero-order valence-corrected chi connectivity index (χ0v) is 18.8. The van der Waals surface area contributed by atoms with E-state index in [1.54, 1.807) is 0 Å². The summed E-state index contributed by atoms with van der Waals surface area (Å²) in [5.74, 6) is -0.921. The van der Waals surface area contributed by atoms with Crippen LogP contribution in [-0.2, 0) is 19.0 Å². The molecular weight excluding hydrogens is 458 g/mol. The van der Waals surface area contributed by atoms with Gasteiger partial charge in [-0.1, -0.05) is 19.3 Å². The zero-order chi connectivity index (χ0) is 25.0. The number of ether oxygens (including phenoxy) is 3. The van der Waals surface area contributed by atoms with E-state index in [1.165, 1.54) is 0 Å². The molecule has 1 unspecified atom stereocenters. The fraction of sp³-hybridized carbons (Fsp3) is 0.952. The molecule has 3 rings (SSSR count). The van der Waals surface area contributed by atoms with Crippen LogP contribution in [0.3, 0.4) is 0 Å². The second kappa shape index (κ2) is 11.8. The summed E-state index contributed by atoms with van der Waals surface area (Å²) in [5, 5.41) is 82.9. The van der Waals surface area contributed by atoms with E-state index in [9.17, 15) is 45.6 Å². The Morgan fingerprint density at radius 2 is 1.50 bits per heavy atom. The first-order chi connectivity index (χ1) is 16.1.